The molecule has 7 rings (SSSR count). The first-order valence-electron chi connectivity index (χ1n) is 21.5. The number of oxime groups is 1. The van der Waals surface area contributed by atoms with E-state index in [1.807, 2.05) is 49.4 Å². The van der Waals surface area contributed by atoms with Gasteiger partial charge < -0.3 is 43.5 Å². The Balaban J connectivity index is 1.44. The molecule has 1 fully saturated rings. The Bertz CT molecular complexity index is 2050. The Morgan fingerprint density at radius 3 is 2.42 bits per heavy atom. The molecule has 3 aromatic rings. The molecule has 0 saturated heterocycles. The first-order chi connectivity index (χ1) is 29.2. The second kappa shape index (κ2) is 19.6. The maximum absolute atomic E-state index is 14.5. The Morgan fingerprint density at radius 2 is 1.67 bits per heavy atom. The van der Waals surface area contributed by atoms with Gasteiger partial charge in [-0.15, -0.1) is 6.58 Å². The number of benzene rings is 3. The number of rotatable bonds is 19. The number of allylic oxidation sites excluding steroid dienone is 1. The summed E-state index contributed by atoms with van der Waals surface area (Å²) < 4.78 is 38.2. The van der Waals surface area contributed by atoms with Crippen LogP contribution in [0.3, 0.4) is 0 Å². The third-order valence-corrected chi connectivity index (χ3v) is 12.3. The molecule has 2 N–H and O–H groups in total. The summed E-state index contributed by atoms with van der Waals surface area (Å²) in [6, 6.07) is 17.0. The van der Waals surface area contributed by atoms with E-state index < -0.39 is 23.8 Å². The van der Waals surface area contributed by atoms with Crippen molar-refractivity contribution >= 4 is 11.8 Å². The molecular formula is C48H60N2O10. The summed E-state index contributed by atoms with van der Waals surface area (Å²) in [4.78, 5) is 22.0. The van der Waals surface area contributed by atoms with E-state index in [-0.39, 0.29) is 63.9 Å². The Labute approximate surface area is 353 Å². The second-order valence-corrected chi connectivity index (χ2v) is 16.1. The van der Waals surface area contributed by atoms with E-state index in [1.54, 1.807) is 17.9 Å². The Kier molecular flexibility index (Phi) is 14.0. The molecule has 1 amide bonds. The van der Waals surface area contributed by atoms with Crippen molar-refractivity contribution in [1.29, 1.82) is 0 Å². The Morgan fingerprint density at radius 1 is 0.917 bits per heavy atom. The third-order valence-electron chi connectivity index (χ3n) is 12.3. The molecule has 1 saturated carbocycles. The van der Waals surface area contributed by atoms with Gasteiger partial charge >= 0.3 is 6.09 Å². The molecule has 4 aliphatic rings. The van der Waals surface area contributed by atoms with Crippen molar-refractivity contribution in [2.24, 2.45) is 22.9 Å². The topological polar surface area (TPSA) is 138 Å². The number of amides is 1. The van der Waals surface area contributed by atoms with E-state index in [2.05, 4.69) is 38.6 Å². The molecule has 322 valence electrons. The number of fused-ring (bicyclic) bond motifs is 3. The van der Waals surface area contributed by atoms with Crippen LogP contribution in [0.4, 0.5) is 4.79 Å². The highest BCUT2D eigenvalue weighted by atomic mass is 16.7. The molecule has 6 atom stereocenters. The number of aliphatic hydroxyl groups excluding tert-OH is 2. The van der Waals surface area contributed by atoms with Crippen molar-refractivity contribution < 1.29 is 48.3 Å². The number of nitrogens with zero attached hydrogens (tertiary/aromatic N) is 2. The zero-order valence-electron chi connectivity index (χ0n) is 35.4. The van der Waals surface area contributed by atoms with Gasteiger partial charge in [0.2, 0.25) is 12.6 Å². The highest BCUT2D eigenvalue weighted by molar-refractivity contribution is 6.03. The molecule has 60 heavy (non-hydrogen) atoms. The van der Waals surface area contributed by atoms with Gasteiger partial charge in [-0.1, -0.05) is 42.3 Å². The van der Waals surface area contributed by atoms with Crippen LogP contribution in [0.5, 0.6) is 28.7 Å². The fraction of sp³-hybridized carbons (Fsp3) is 0.500. The minimum Gasteiger partial charge on any atom is -0.459 e. The number of unbranched alkanes of at least 4 members (excludes halogenated alkanes) is 2. The zero-order valence-corrected chi connectivity index (χ0v) is 35.4. The van der Waals surface area contributed by atoms with Crippen LogP contribution in [-0.4, -0.2) is 78.6 Å². The fourth-order valence-electron chi connectivity index (χ4n) is 9.51. The maximum Gasteiger partial charge on any atom is 0.410 e. The number of aryl methyl sites for hydroxylation is 2. The molecule has 2 aliphatic heterocycles. The van der Waals surface area contributed by atoms with E-state index >= 15 is 0 Å². The van der Waals surface area contributed by atoms with E-state index in [0.29, 0.717) is 48.2 Å². The molecule has 2 aliphatic carbocycles. The van der Waals surface area contributed by atoms with E-state index in [9.17, 15) is 15.0 Å². The van der Waals surface area contributed by atoms with Crippen molar-refractivity contribution in [1.82, 2.24) is 4.90 Å². The number of hydrogen-bond acceptors (Lipinski definition) is 11. The quantitative estimate of drug-likeness (QED) is 0.0684. The third kappa shape index (κ3) is 8.87. The van der Waals surface area contributed by atoms with Crippen molar-refractivity contribution in [2.75, 3.05) is 39.8 Å². The highest BCUT2D eigenvalue weighted by Gasteiger charge is 2.65. The zero-order chi connectivity index (χ0) is 42.2. The summed E-state index contributed by atoms with van der Waals surface area (Å²) >= 11 is 0. The lowest BCUT2D eigenvalue weighted by Crippen LogP contribution is -2.70. The van der Waals surface area contributed by atoms with Gasteiger partial charge in [-0.05, 0) is 130 Å². The average molecular weight is 825 g/mol. The van der Waals surface area contributed by atoms with Gasteiger partial charge in [0.15, 0.2) is 11.5 Å². The van der Waals surface area contributed by atoms with Gasteiger partial charge in [-0.2, -0.15) is 0 Å². The smallest absolute Gasteiger partial charge is 0.410 e. The molecule has 2 heterocycles. The lowest BCUT2D eigenvalue weighted by atomic mass is 9.55. The first-order valence-corrected chi connectivity index (χ1v) is 21.5. The van der Waals surface area contributed by atoms with Crippen LogP contribution >= 0.6 is 0 Å². The van der Waals surface area contributed by atoms with Crippen molar-refractivity contribution in [3.8, 4) is 28.7 Å². The standard InChI is InChI=1S/C48H60N2O10/c1-6-23-57-48-44(50(47(53)54-7-2)29-33-16-19-42-43(25-33)56-30-55-42)28-40(49-58-8-3)38-26-34(13-9-11-21-51)37(14-10-12-22-52)45(46(38)48)39-27-36(18-20-41(39)60-48)59-35-17-15-31(4)32(5)24-35/h6,15-20,24-27,34,37,44-46,51-52H,1,7-14,21-23,28-30H2,2-5H3. The van der Waals surface area contributed by atoms with Gasteiger partial charge in [-0.3, -0.25) is 4.90 Å². The molecule has 0 spiro atoms. The molecule has 3 aromatic carbocycles. The molecule has 0 radical (unpaired) electrons. The minimum atomic E-state index is -1.44. The lowest BCUT2D eigenvalue weighted by Gasteiger charge is -2.59. The molecule has 6 unspecified atom stereocenters. The SMILES string of the molecule is C=CCOC12Oc3ccc(Oc4ccc(C)c(C)c4)cc3C3C(CCCCO)C(CCCCO)C=C(C(=NOCC)CC1N(Cc1ccc4c(c1)OCO4)C(=O)OCC)C32. The number of aliphatic hydroxyl groups is 2. The molecule has 0 bridgehead atoms. The van der Waals surface area contributed by atoms with Crippen LogP contribution in [-0.2, 0) is 20.9 Å². The maximum atomic E-state index is 14.5. The number of hydrogen-bond donors (Lipinski definition) is 2. The predicted molar refractivity (Wildman–Crippen MR) is 228 cm³/mol. The largest absolute Gasteiger partial charge is 0.459 e. The van der Waals surface area contributed by atoms with Gasteiger partial charge in [0.05, 0.1) is 24.8 Å². The number of carbonyl (C=O) groups is 1. The van der Waals surface area contributed by atoms with Gasteiger partial charge in [0.1, 0.15) is 29.9 Å². The summed E-state index contributed by atoms with van der Waals surface area (Å²) in [5.41, 5.74) is 5.77. The number of ether oxygens (including phenoxy) is 6. The Hall–Kier alpha value is -5.04. The van der Waals surface area contributed by atoms with E-state index in [0.717, 1.165) is 53.7 Å². The van der Waals surface area contributed by atoms with E-state index in [4.69, 9.17) is 38.4 Å². The van der Waals surface area contributed by atoms with Crippen LogP contribution < -0.4 is 18.9 Å². The highest BCUT2D eigenvalue weighted by Crippen LogP contribution is 2.62. The fourth-order valence-corrected chi connectivity index (χ4v) is 9.51. The lowest BCUT2D eigenvalue weighted by molar-refractivity contribution is -0.256. The average Bonchev–Trinajstić information content (AvgIpc) is 3.72. The summed E-state index contributed by atoms with van der Waals surface area (Å²) in [7, 11) is 0. The van der Waals surface area contributed by atoms with E-state index in [1.165, 1.54) is 5.56 Å². The van der Waals surface area contributed by atoms with Crippen molar-refractivity contribution in [3.05, 3.63) is 101 Å². The number of carbonyl (C=O) groups excluding carboxylic acids is 1. The van der Waals surface area contributed by atoms with Crippen LogP contribution in [0.15, 0.2) is 84.1 Å². The molecule has 12 heteroatoms. The van der Waals surface area contributed by atoms with Crippen molar-refractivity contribution in [3.63, 3.8) is 0 Å². The van der Waals surface area contributed by atoms with Gasteiger partial charge in [0.25, 0.3) is 0 Å². The predicted octanol–water partition coefficient (Wildman–Crippen LogP) is 9.14. The second-order valence-electron chi connectivity index (χ2n) is 16.1. The van der Waals surface area contributed by atoms with Crippen LogP contribution in [0.2, 0.25) is 0 Å². The summed E-state index contributed by atoms with van der Waals surface area (Å²) in [6.07, 6.45) is 8.42. The monoisotopic (exact) mass is 824 g/mol. The molecular weight excluding hydrogens is 765 g/mol. The van der Waals surface area contributed by atoms with Crippen LogP contribution in [0, 0.1) is 31.6 Å². The van der Waals surface area contributed by atoms with Crippen LogP contribution in [0.1, 0.15) is 87.0 Å². The molecule has 12 nitrogen and oxygen atoms in total. The summed E-state index contributed by atoms with van der Waals surface area (Å²) in [5, 5.41) is 24.6. The molecule has 0 aromatic heterocycles. The normalized spacial score (nSPS) is 24.1. The van der Waals surface area contributed by atoms with Crippen LogP contribution in [0.25, 0.3) is 0 Å². The van der Waals surface area contributed by atoms with Crippen molar-refractivity contribution in [2.45, 2.75) is 96.9 Å². The van der Waals surface area contributed by atoms with Gasteiger partial charge in [0, 0.05) is 37.7 Å². The first kappa shape index (κ1) is 43.1. The summed E-state index contributed by atoms with van der Waals surface area (Å²) in [6.45, 7) is 13.0. The minimum absolute atomic E-state index is 0.0622. The summed E-state index contributed by atoms with van der Waals surface area (Å²) in [5.74, 6) is 1.34. The van der Waals surface area contributed by atoms with Gasteiger partial charge in [-0.25, -0.2) is 4.79 Å².